The fourth-order valence-corrected chi connectivity index (χ4v) is 3.09. The van der Waals surface area contributed by atoms with Crippen molar-refractivity contribution in [3.05, 3.63) is 54.6 Å². The highest BCUT2D eigenvalue weighted by Crippen LogP contribution is 2.34. The maximum atomic E-state index is 11.5. The Morgan fingerprint density at radius 2 is 1.74 bits per heavy atom. The molecule has 3 rings (SSSR count). The number of carbonyl (C=O) groups is 1. The van der Waals surface area contributed by atoms with Crippen molar-refractivity contribution >= 4 is 21.8 Å². The summed E-state index contributed by atoms with van der Waals surface area (Å²) in [5.41, 5.74) is 2.81. The number of rotatable bonds is 5. The van der Waals surface area contributed by atoms with E-state index in [0.717, 1.165) is 17.5 Å². The quantitative estimate of drug-likeness (QED) is 0.640. The average molecular weight is 388 g/mol. The van der Waals surface area contributed by atoms with Gasteiger partial charge in [-0.1, -0.05) is 18.2 Å². The molecule has 9 heteroatoms. The van der Waals surface area contributed by atoms with Gasteiger partial charge in [-0.2, -0.15) is 8.42 Å². The van der Waals surface area contributed by atoms with E-state index in [0.29, 0.717) is 11.1 Å². The molecule has 0 unspecified atom stereocenters. The number of hydrogen-bond acceptors (Lipinski definition) is 6. The highest BCUT2D eigenvalue weighted by atomic mass is 32.2. The number of nitrogens with zero attached hydrogens (tertiary/aromatic N) is 2. The van der Waals surface area contributed by atoms with Crippen LogP contribution in [0.15, 0.2) is 58.0 Å². The summed E-state index contributed by atoms with van der Waals surface area (Å²) < 4.78 is 37.3. The fourth-order valence-electron chi connectivity index (χ4n) is 2.58. The van der Waals surface area contributed by atoms with Crippen molar-refractivity contribution in [3.8, 4) is 22.4 Å². The third-order valence-electron chi connectivity index (χ3n) is 3.95. The van der Waals surface area contributed by atoms with Crippen LogP contribution in [-0.4, -0.2) is 43.1 Å². The van der Waals surface area contributed by atoms with Crippen molar-refractivity contribution in [1.82, 2.24) is 4.98 Å². The van der Waals surface area contributed by atoms with Crippen LogP contribution in [0.3, 0.4) is 0 Å². The van der Waals surface area contributed by atoms with Gasteiger partial charge in [0.2, 0.25) is 0 Å². The lowest BCUT2D eigenvalue weighted by atomic mass is 9.98. The van der Waals surface area contributed by atoms with Crippen molar-refractivity contribution < 1.29 is 27.3 Å². The van der Waals surface area contributed by atoms with Crippen LogP contribution < -0.4 is 4.90 Å². The Balaban J connectivity index is 2.19. The number of oxazole rings is 1. The van der Waals surface area contributed by atoms with Crippen LogP contribution in [0.2, 0.25) is 0 Å². The molecule has 0 saturated carbocycles. The lowest BCUT2D eigenvalue weighted by Gasteiger charge is -2.14. The van der Waals surface area contributed by atoms with Crippen LogP contribution in [0.4, 0.5) is 5.69 Å². The number of aromatic carboxylic acids is 1. The second-order valence-electron chi connectivity index (χ2n) is 5.97. The minimum atomic E-state index is -4.44. The van der Waals surface area contributed by atoms with Gasteiger partial charge in [0.25, 0.3) is 10.1 Å². The van der Waals surface area contributed by atoms with Crippen molar-refractivity contribution in [2.75, 3.05) is 19.0 Å². The number of benzene rings is 2. The van der Waals surface area contributed by atoms with Crippen LogP contribution in [0, 0.1) is 0 Å². The van der Waals surface area contributed by atoms with E-state index in [1.54, 1.807) is 0 Å². The van der Waals surface area contributed by atoms with Gasteiger partial charge in [-0.15, -0.1) is 0 Å². The van der Waals surface area contributed by atoms with Gasteiger partial charge in [-0.05, 0) is 35.4 Å². The molecule has 0 amide bonds. The Labute approximate surface area is 155 Å². The zero-order valence-electron chi connectivity index (χ0n) is 14.4. The Morgan fingerprint density at radius 1 is 1.07 bits per heavy atom. The van der Waals surface area contributed by atoms with E-state index in [4.69, 9.17) is 9.52 Å². The van der Waals surface area contributed by atoms with E-state index in [9.17, 15) is 17.8 Å². The zero-order valence-corrected chi connectivity index (χ0v) is 15.3. The minimum Gasteiger partial charge on any atom is -0.474 e. The second kappa shape index (κ2) is 6.86. The molecule has 1 heterocycles. The molecule has 0 aliphatic rings. The van der Waals surface area contributed by atoms with Gasteiger partial charge in [0.05, 0.1) is 4.90 Å². The summed E-state index contributed by atoms with van der Waals surface area (Å²) in [4.78, 5) is 16.5. The normalized spacial score (nSPS) is 11.4. The molecule has 0 bridgehead atoms. The predicted molar refractivity (Wildman–Crippen MR) is 98.5 cm³/mol. The van der Waals surface area contributed by atoms with Gasteiger partial charge in [0, 0.05) is 25.3 Å². The number of aromatic nitrogens is 1. The van der Waals surface area contributed by atoms with Crippen LogP contribution in [0.1, 0.15) is 10.7 Å². The Kier molecular flexibility index (Phi) is 4.73. The van der Waals surface area contributed by atoms with Crippen molar-refractivity contribution in [2.45, 2.75) is 4.90 Å². The molecule has 3 aromatic rings. The standard InChI is InChI=1S/C18H16N2O6S/c1-20(2)12-5-3-11(4-6-12)14-8-7-13(27(23,24)25)9-15(14)16-10-26-17(19-16)18(21)22/h3-10H,1-2H3,(H,21,22)(H,23,24,25). The first-order valence-corrected chi connectivity index (χ1v) is 9.19. The van der Waals surface area contributed by atoms with Crippen molar-refractivity contribution in [3.63, 3.8) is 0 Å². The van der Waals surface area contributed by atoms with Gasteiger partial charge in [-0.3, -0.25) is 4.55 Å². The lowest BCUT2D eigenvalue weighted by Crippen LogP contribution is -2.07. The van der Waals surface area contributed by atoms with Gasteiger partial charge < -0.3 is 14.4 Å². The predicted octanol–water partition coefficient (Wildman–Crippen LogP) is 3.02. The molecular formula is C18H16N2O6S. The smallest absolute Gasteiger partial charge is 0.392 e. The topological polar surface area (TPSA) is 121 Å². The van der Waals surface area contributed by atoms with E-state index >= 15 is 0 Å². The molecule has 0 fully saturated rings. The molecule has 0 radical (unpaired) electrons. The Hall–Kier alpha value is -3.17. The molecule has 0 atom stereocenters. The number of anilines is 1. The SMILES string of the molecule is CN(C)c1ccc(-c2ccc(S(=O)(=O)O)cc2-c2coc(C(=O)O)n2)cc1. The summed E-state index contributed by atoms with van der Waals surface area (Å²) in [6.07, 6.45) is 1.13. The van der Waals surface area contributed by atoms with Gasteiger partial charge in [0.15, 0.2) is 0 Å². The summed E-state index contributed by atoms with van der Waals surface area (Å²) in [6.45, 7) is 0. The highest BCUT2D eigenvalue weighted by Gasteiger charge is 2.19. The average Bonchev–Trinajstić information content (AvgIpc) is 3.11. The lowest BCUT2D eigenvalue weighted by molar-refractivity contribution is 0.0653. The molecule has 2 aromatic carbocycles. The first-order valence-electron chi connectivity index (χ1n) is 7.75. The zero-order chi connectivity index (χ0) is 19.8. The maximum absolute atomic E-state index is 11.5. The van der Waals surface area contributed by atoms with Gasteiger partial charge in [0.1, 0.15) is 12.0 Å². The summed E-state index contributed by atoms with van der Waals surface area (Å²) in [7, 11) is -0.627. The molecule has 2 N–H and O–H groups in total. The van der Waals surface area contributed by atoms with Gasteiger partial charge in [-0.25, -0.2) is 9.78 Å². The second-order valence-corrected chi connectivity index (χ2v) is 7.39. The molecule has 1 aromatic heterocycles. The maximum Gasteiger partial charge on any atom is 0.392 e. The number of carboxylic acid groups (broad SMARTS) is 1. The van der Waals surface area contributed by atoms with Gasteiger partial charge >= 0.3 is 11.9 Å². The van der Waals surface area contributed by atoms with Crippen LogP contribution in [-0.2, 0) is 10.1 Å². The van der Waals surface area contributed by atoms with E-state index in [-0.39, 0.29) is 10.6 Å². The highest BCUT2D eigenvalue weighted by molar-refractivity contribution is 7.85. The molecule has 140 valence electrons. The van der Waals surface area contributed by atoms with E-state index < -0.39 is 22.0 Å². The third kappa shape index (κ3) is 3.83. The summed E-state index contributed by atoms with van der Waals surface area (Å²) >= 11 is 0. The Bertz CT molecular complexity index is 1100. The summed E-state index contributed by atoms with van der Waals surface area (Å²) in [5.74, 6) is -1.86. The number of carboxylic acids is 1. The molecule has 27 heavy (non-hydrogen) atoms. The molecule has 0 saturated heterocycles. The minimum absolute atomic E-state index is 0.143. The molecule has 8 nitrogen and oxygen atoms in total. The first-order chi connectivity index (χ1) is 12.7. The molecular weight excluding hydrogens is 372 g/mol. The van der Waals surface area contributed by atoms with Crippen molar-refractivity contribution in [2.24, 2.45) is 0 Å². The molecule has 0 aliphatic heterocycles. The van der Waals surface area contributed by atoms with Crippen LogP contribution in [0.5, 0.6) is 0 Å². The third-order valence-corrected chi connectivity index (χ3v) is 4.80. The van der Waals surface area contributed by atoms with E-state index in [1.165, 1.54) is 18.2 Å². The first kappa shape index (κ1) is 18.6. The molecule has 0 spiro atoms. The summed E-state index contributed by atoms with van der Waals surface area (Å²) in [5, 5.41) is 9.00. The van der Waals surface area contributed by atoms with E-state index in [1.807, 2.05) is 43.3 Å². The van der Waals surface area contributed by atoms with E-state index in [2.05, 4.69) is 4.98 Å². The monoisotopic (exact) mass is 388 g/mol. The fraction of sp³-hybridized carbons (Fsp3) is 0.111. The van der Waals surface area contributed by atoms with Crippen LogP contribution >= 0.6 is 0 Å². The summed E-state index contributed by atoms with van der Waals surface area (Å²) in [6, 6.07) is 11.5. The Morgan fingerprint density at radius 3 is 2.26 bits per heavy atom. The largest absolute Gasteiger partial charge is 0.474 e. The molecule has 0 aliphatic carbocycles. The van der Waals surface area contributed by atoms with Crippen molar-refractivity contribution in [1.29, 1.82) is 0 Å². The number of hydrogen-bond donors (Lipinski definition) is 2. The van der Waals surface area contributed by atoms with Crippen LogP contribution in [0.25, 0.3) is 22.4 Å².